The largest absolute Gasteiger partial charge is 0.465 e. The van der Waals surface area contributed by atoms with Gasteiger partial charge < -0.3 is 4.74 Å². The Balaban J connectivity index is 2.72. The second-order valence-corrected chi connectivity index (χ2v) is 3.15. The van der Waals surface area contributed by atoms with Gasteiger partial charge in [-0.15, -0.1) is 0 Å². The first-order chi connectivity index (χ1) is 6.74. The Morgan fingerprint density at radius 1 is 1.57 bits per heavy atom. The van der Waals surface area contributed by atoms with Crippen LogP contribution in [0, 0.1) is 0 Å². The van der Waals surface area contributed by atoms with Crippen molar-refractivity contribution in [1.29, 1.82) is 0 Å². The summed E-state index contributed by atoms with van der Waals surface area (Å²) in [6.45, 7) is 0. The summed E-state index contributed by atoms with van der Waals surface area (Å²) < 4.78 is 4.62. The average molecular weight is 211 g/mol. The molecular weight excluding hydrogens is 204 g/mol. The molecule has 4 nitrogen and oxygen atoms in total. The minimum absolute atomic E-state index is 0.407. The average Bonchev–Trinajstić information content (AvgIpc) is 2.67. The molecule has 0 amide bonds. The van der Waals surface area contributed by atoms with Gasteiger partial charge in [-0.05, 0) is 12.1 Å². The number of carbonyl (C=O) groups is 1. The van der Waals surface area contributed by atoms with Crippen LogP contribution in [0.25, 0.3) is 10.9 Å². The molecule has 5 heteroatoms. The van der Waals surface area contributed by atoms with Gasteiger partial charge in [-0.2, -0.15) is 5.10 Å². The number of nitrogens with one attached hydrogen (secondary N) is 1. The highest BCUT2D eigenvalue weighted by Crippen LogP contribution is 2.24. The molecule has 0 radical (unpaired) electrons. The second kappa shape index (κ2) is 3.31. The molecule has 0 fully saturated rings. The summed E-state index contributed by atoms with van der Waals surface area (Å²) in [5.41, 5.74) is 1.04. The number of carbonyl (C=O) groups excluding carboxylic acids is 1. The summed E-state index contributed by atoms with van der Waals surface area (Å²) in [4.78, 5) is 11.3. The van der Waals surface area contributed by atoms with E-state index in [9.17, 15) is 4.79 Å². The van der Waals surface area contributed by atoms with E-state index in [1.807, 2.05) is 0 Å². The Kier molecular flexibility index (Phi) is 2.13. The topological polar surface area (TPSA) is 55.0 Å². The van der Waals surface area contributed by atoms with E-state index in [2.05, 4.69) is 14.9 Å². The van der Waals surface area contributed by atoms with Crippen LogP contribution < -0.4 is 0 Å². The van der Waals surface area contributed by atoms with E-state index >= 15 is 0 Å². The highest BCUT2D eigenvalue weighted by Gasteiger charge is 2.13. The summed E-state index contributed by atoms with van der Waals surface area (Å²) in [7, 11) is 1.33. The molecule has 2 rings (SSSR count). The minimum Gasteiger partial charge on any atom is -0.465 e. The van der Waals surface area contributed by atoms with Gasteiger partial charge in [-0.25, -0.2) is 4.79 Å². The first-order valence-electron chi connectivity index (χ1n) is 3.94. The lowest BCUT2D eigenvalue weighted by Gasteiger charge is -2.00. The van der Waals surface area contributed by atoms with E-state index in [-0.39, 0.29) is 0 Å². The van der Waals surface area contributed by atoms with E-state index in [4.69, 9.17) is 11.6 Å². The van der Waals surface area contributed by atoms with Gasteiger partial charge in [0.25, 0.3) is 0 Å². The lowest BCUT2D eigenvalue weighted by molar-refractivity contribution is 0.0603. The molecular formula is C9H7ClN2O2. The van der Waals surface area contributed by atoms with Gasteiger partial charge in [-0.3, -0.25) is 5.10 Å². The third-order valence-electron chi connectivity index (χ3n) is 1.97. The summed E-state index contributed by atoms with van der Waals surface area (Å²) in [5.74, 6) is -0.407. The van der Waals surface area contributed by atoms with E-state index in [1.165, 1.54) is 7.11 Å². The predicted octanol–water partition coefficient (Wildman–Crippen LogP) is 2.00. The van der Waals surface area contributed by atoms with Crippen LogP contribution in [0.2, 0.25) is 5.02 Å². The summed E-state index contributed by atoms with van der Waals surface area (Å²) in [6, 6.07) is 3.25. The number of H-pyrrole nitrogens is 1. The van der Waals surface area contributed by atoms with Gasteiger partial charge in [0, 0.05) is 5.39 Å². The van der Waals surface area contributed by atoms with Crippen molar-refractivity contribution in [3.05, 3.63) is 28.9 Å². The van der Waals surface area contributed by atoms with Crippen molar-refractivity contribution in [3.63, 3.8) is 0 Å². The highest BCUT2D eigenvalue weighted by molar-refractivity contribution is 6.35. The monoisotopic (exact) mass is 210 g/mol. The van der Waals surface area contributed by atoms with Crippen LogP contribution in [0.3, 0.4) is 0 Å². The minimum atomic E-state index is -0.407. The summed E-state index contributed by atoms with van der Waals surface area (Å²) in [5, 5.41) is 7.81. The van der Waals surface area contributed by atoms with E-state index < -0.39 is 5.97 Å². The lowest BCUT2D eigenvalue weighted by atomic mass is 10.1. The van der Waals surface area contributed by atoms with Crippen molar-refractivity contribution < 1.29 is 9.53 Å². The molecule has 0 saturated carbocycles. The smallest absolute Gasteiger partial charge is 0.340 e. The van der Waals surface area contributed by atoms with Gasteiger partial charge in [0.2, 0.25) is 0 Å². The maximum absolute atomic E-state index is 11.3. The van der Waals surface area contributed by atoms with Crippen molar-refractivity contribution in [2.24, 2.45) is 0 Å². The van der Waals surface area contributed by atoms with Crippen molar-refractivity contribution >= 4 is 28.5 Å². The van der Waals surface area contributed by atoms with Gasteiger partial charge in [0.05, 0.1) is 29.4 Å². The molecule has 0 aliphatic heterocycles. The van der Waals surface area contributed by atoms with Crippen LogP contribution in [0.1, 0.15) is 10.4 Å². The molecule has 0 atom stereocenters. The Bertz CT molecular complexity index is 493. The number of aromatic amines is 1. The maximum Gasteiger partial charge on any atom is 0.340 e. The van der Waals surface area contributed by atoms with E-state index in [0.29, 0.717) is 16.1 Å². The first-order valence-corrected chi connectivity index (χ1v) is 4.31. The molecule has 2 aromatic rings. The van der Waals surface area contributed by atoms with Crippen molar-refractivity contribution in [2.75, 3.05) is 7.11 Å². The molecule has 0 aliphatic carbocycles. The zero-order chi connectivity index (χ0) is 10.1. The molecule has 0 bridgehead atoms. The normalized spacial score (nSPS) is 10.4. The quantitative estimate of drug-likeness (QED) is 0.733. The van der Waals surface area contributed by atoms with Crippen LogP contribution in [-0.2, 0) is 4.74 Å². The van der Waals surface area contributed by atoms with Crippen molar-refractivity contribution in [1.82, 2.24) is 10.2 Å². The van der Waals surface area contributed by atoms with Crippen LogP contribution in [0.15, 0.2) is 18.3 Å². The van der Waals surface area contributed by atoms with Gasteiger partial charge in [-0.1, -0.05) is 11.6 Å². The van der Waals surface area contributed by atoms with Crippen LogP contribution >= 0.6 is 11.6 Å². The molecule has 0 saturated heterocycles. The van der Waals surface area contributed by atoms with Gasteiger partial charge in [0.15, 0.2) is 0 Å². The second-order valence-electron chi connectivity index (χ2n) is 2.75. The summed E-state index contributed by atoms with van der Waals surface area (Å²) >= 11 is 5.91. The van der Waals surface area contributed by atoms with Crippen LogP contribution in [0.4, 0.5) is 0 Å². The fourth-order valence-corrected chi connectivity index (χ4v) is 1.49. The molecule has 1 aromatic carbocycles. The zero-order valence-corrected chi connectivity index (χ0v) is 8.13. The maximum atomic E-state index is 11.3. The fraction of sp³-hybridized carbons (Fsp3) is 0.111. The third-order valence-corrected chi connectivity index (χ3v) is 2.30. The Morgan fingerprint density at radius 2 is 2.36 bits per heavy atom. The van der Waals surface area contributed by atoms with Crippen LogP contribution in [-0.4, -0.2) is 23.3 Å². The van der Waals surface area contributed by atoms with Gasteiger partial charge >= 0.3 is 5.97 Å². The summed E-state index contributed by atoms with van der Waals surface area (Å²) in [6.07, 6.45) is 1.57. The number of benzene rings is 1. The zero-order valence-electron chi connectivity index (χ0n) is 7.37. The Morgan fingerprint density at radius 3 is 3.07 bits per heavy atom. The number of aromatic nitrogens is 2. The molecule has 0 unspecified atom stereocenters. The molecule has 72 valence electrons. The van der Waals surface area contributed by atoms with Crippen LogP contribution in [0.5, 0.6) is 0 Å². The Hall–Kier alpha value is -1.55. The predicted molar refractivity (Wildman–Crippen MR) is 52.4 cm³/mol. The number of methoxy groups -OCH3 is 1. The molecule has 0 aliphatic rings. The fourth-order valence-electron chi connectivity index (χ4n) is 1.28. The standard InChI is InChI=1S/C9H7ClN2O2/c1-14-9(13)5-2-3-7(10)6-4-11-12-8(5)6/h2-4H,1H3,(H,11,12). The van der Waals surface area contributed by atoms with E-state index in [0.717, 1.165) is 5.39 Å². The number of halogens is 1. The highest BCUT2D eigenvalue weighted by atomic mass is 35.5. The number of fused-ring (bicyclic) bond motifs is 1. The van der Waals surface area contributed by atoms with Crippen molar-refractivity contribution in [2.45, 2.75) is 0 Å². The van der Waals surface area contributed by atoms with E-state index in [1.54, 1.807) is 18.3 Å². The SMILES string of the molecule is COC(=O)c1ccc(Cl)c2cn[nH]c12. The molecule has 1 aromatic heterocycles. The molecule has 1 heterocycles. The van der Waals surface area contributed by atoms with Crippen molar-refractivity contribution in [3.8, 4) is 0 Å². The number of hydrogen-bond acceptors (Lipinski definition) is 3. The number of nitrogens with zero attached hydrogens (tertiary/aromatic N) is 1. The Labute approximate surface area is 84.8 Å². The van der Waals surface area contributed by atoms with Gasteiger partial charge in [0.1, 0.15) is 0 Å². The number of esters is 1. The third kappa shape index (κ3) is 1.24. The molecule has 14 heavy (non-hydrogen) atoms. The number of rotatable bonds is 1. The first kappa shape index (κ1) is 9.02. The number of ether oxygens (including phenoxy) is 1. The molecule has 0 spiro atoms. The number of hydrogen-bond donors (Lipinski definition) is 1. The molecule has 1 N–H and O–H groups in total. The lowest BCUT2D eigenvalue weighted by Crippen LogP contribution is -2.01.